The number of aryl methyl sites for hydroxylation is 1. The molecule has 0 amide bonds. The van der Waals surface area contributed by atoms with Gasteiger partial charge in [0.15, 0.2) is 0 Å². The first-order chi connectivity index (χ1) is 9.19. The molecule has 1 saturated carbocycles. The maximum atomic E-state index is 4.86. The maximum absolute atomic E-state index is 4.86. The molecule has 0 saturated heterocycles. The standard InChI is InChI=1S/C16H29N3/c1-5-15(17-6-2)16-12(3)18-19(13(16)4)14-10-8-7-9-11-14/h14-15,17H,5-11H2,1-4H3. The third-order valence-corrected chi connectivity index (χ3v) is 4.51. The molecule has 3 heteroatoms. The lowest BCUT2D eigenvalue weighted by Crippen LogP contribution is -2.22. The third kappa shape index (κ3) is 3.02. The number of nitrogens with zero attached hydrogens (tertiary/aromatic N) is 2. The molecule has 19 heavy (non-hydrogen) atoms. The van der Waals surface area contributed by atoms with Crippen LogP contribution in [0, 0.1) is 13.8 Å². The highest BCUT2D eigenvalue weighted by molar-refractivity contribution is 5.28. The molecule has 1 aliphatic rings. The van der Waals surface area contributed by atoms with Gasteiger partial charge in [-0.2, -0.15) is 5.10 Å². The minimum atomic E-state index is 0.461. The van der Waals surface area contributed by atoms with Crippen LogP contribution in [0.1, 0.15) is 81.4 Å². The van der Waals surface area contributed by atoms with Crippen molar-refractivity contribution >= 4 is 0 Å². The van der Waals surface area contributed by atoms with Gasteiger partial charge < -0.3 is 5.32 Å². The summed E-state index contributed by atoms with van der Waals surface area (Å²) in [5.74, 6) is 0. The van der Waals surface area contributed by atoms with Gasteiger partial charge in [-0.1, -0.05) is 33.1 Å². The van der Waals surface area contributed by atoms with Crippen molar-refractivity contribution in [2.24, 2.45) is 0 Å². The molecule has 1 aliphatic carbocycles. The Morgan fingerprint density at radius 3 is 2.47 bits per heavy atom. The first-order valence-corrected chi connectivity index (χ1v) is 7.98. The van der Waals surface area contributed by atoms with E-state index in [-0.39, 0.29) is 0 Å². The zero-order valence-electron chi connectivity index (χ0n) is 13.0. The molecular formula is C16H29N3. The molecule has 108 valence electrons. The number of aromatic nitrogens is 2. The van der Waals surface area contributed by atoms with E-state index >= 15 is 0 Å². The van der Waals surface area contributed by atoms with Crippen LogP contribution in [0.3, 0.4) is 0 Å². The van der Waals surface area contributed by atoms with Crippen molar-refractivity contribution in [1.29, 1.82) is 0 Å². The lowest BCUT2D eigenvalue weighted by Gasteiger charge is -2.24. The average Bonchev–Trinajstić information content (AvgIpc) is 2.73. The molecule has 1 heterocycles. The molecule has 1 aromatic heterocycles. The van der Waals surface area contributed by atoms with Gasteiger partial charge in [-0.25, -0.2) is 0 Å². The van der Waals surface area contributed by atoms with Crippen LogP contribution in [0.15, 0.2) is 0 Å². The maximum Gasteiger partial charge on any atom is 0.0644 e. The minimum Gasteiger partial charge on any atom is -0.310 e. The SMILES string of the molecule is CCNC(CC)c1c(C)nn(C2CCCCC2)c1C. The summed E-state index contributed by atoms with van der Waals surface area (Å²) in [6, 6.07) is 1.10. The molecule has 0 bridgehead atoms. The zero-order chi connectivity index (χ0) is 13.8. The van der Waals surface area contributed by atoms with Gasteiger partial charge in [-0.05, 0) is 39.7 Å². The quantitative estimate of drug-likeness (QED) is 0.868. The van der Waals surface area contributed by atoms with Gasteiger partial charge >= 0.3 is 0 Å². The Balaban J connectivity index is 2.27. The molecule has 1 N–H and O–H groups in total. The summed E-state index contributed by atoms with van der Waals surface area (Å²) in [5.41, 5.74) is 4.04. The summed E-state index contributed by atoms with van der Waals surface area (Å²) >= 11 is 0. The molecule has 0 radical (unpaired) electrons. The molecule has 1 aromatic rings. The first kappa shape index (κ1) is 14.6. The Bertz CT molecular complexity index is 402. The molecule has 0 aliphatic heterocycles. The van der Waals surface area contributed by atoms with Gasteiger partial charge in [0.2, 0.25) is 0 Å². The van der Waals surface area contributed by atoms with Crippen molar-refractivity contribution in [2.75, 3.05) is 6.54 Å². The summed E-state index contributed by atoms with van der Waals surface area (Å²) in [4.78, 5) is 0. The normalized spacial score (nSPS) is 18.7. The van der Waals surface area contributed by atoms with E-state index in [4.69, 9.17) is 5.10 Å². The van der Waals surface area contributed by atoms with Crippen molar-refractivity contribution in [3.8, 4) is 0 Å². The molecule has 3 nitrogen and oxygen atoms in total. The van der Waals surface area contributed by atoms with Crippen LogP contribution in [0.5, 0.6) is 0 Å². The van der Waals surface area contributed by atoms with Gasteiger partial charge in [0.1, 0.15) is 0 Å². The van der Waals surface area contributed by atoms with Crippen LogP contribution in [0.25, 0.3) is 0 Å². The third-order valence-electron chi connectivity index (χ3n) is 4.51. The van der Waals surface area contributed by atoms with E-state index in [1.807, 2.05) is 0 Å². The van der Waals surface area contributed by atoms with Crippen LogP contribution in [0.4, 0.5) is 0 Å². The van der Waals surface area contributed by atoms with E-state index in [0.717, 1.165) is 13.0 Å². The predicted molar refractivity (Wildman–Crippen MR) is 80.5 cm³/mol. The minimum absolute atomic E-state index is 0.461. The van der Waals surface area contributed by atoms with Crippen LogP contribution < -0.4 is 5.32 Å². The van der Waals surface area contributed by atoms with E-state index in [1.165, 1.54) is 49.1 Å². The van der Waals surface area contributed by atoms with Crippen molar-refractivity contribution < 1.29 is 0 Å². The highest BCUT2D eigenvalue weighted by Crippen LogP contribution is 2.32. The molecule has 1 atom stereocenters. The van der Waals surface area contributed by atoms with Crippen molar-refractivity contribution in [1.82, 2.24) is 15.1 Å². The van der Waals surface area contributed by atoms with E-state index in [9.17, 15) is 0 Å². The Morgan fingerprint density at radius 1 is 1.21 bits per heavy atom. The summed E-state index contributed by atoms with van der Waals surface area (Å²) in [7, 11) is 0. The fraction of sp³-hybridized carbons (Fsp3) is 0.812. The van der Waals surface area contributed by atoms with Gasteiger partial charge in [0.05, 0.1) is 11.7 Å². The molecule has 1 fully saturated rings. The highest BCUT2D eigenvalue weighted by Gasteiger charge is 2.23. The van der Waals surface area contributed by atoms with Gasteiger partial charge in [-0.3, -0.25) is 4.68 Å². The predicted octanol–water partition coefficient (Wildman–Crippen LogP) is 4.07. The smallest absolute Gasteiger partial charge is 0.0644 e. The van der Waals surface area contributed by atoms with Crippen LogP contribution in [-0.4, -0.2) is 16.3 Å². The summed E-state index contributed by atoms with van der Waals surface area (Å²) in [5, 5.41) is 8.45. The average molecular weight is 263 g/mol. The Kier molecular flexibility index (Phi) is 5.03. The monoisotopic (exact) mass is 263 g/mol. The Morgan fingerprint density at radius 2 is 1.89 bits per heavy atom. The van der Waals surface area contributed by atoms with E-state index in [1.54, 1.807) is 0 Å². The van der Waals surface area contributed by atoms with E-state index < -0.39 is 0 Å². The van der Waals surface area contributed by atoms with Crippen molar-refractivity contribution in [3.63, 3.8) is 0 Å². The Labute approximate surface area is 117 Å². The van der Waals surface area contributed by atoms with Crippen LogP contribution in [0.2, 0.25) is 0 Å². The lowest BCUT2D eigenvalue weighted by molar-refractivity contribution is 0.323. The first-order valence-electron chi connectivity index (χ1n) is 7.98. The second-order valence-electron chi connectivity index (χ2n) is 5.84. The van der Waals surface area contributed by atoms with Gasteiger partial charge in [0, 0.05) is 17.3 Å². The highest BCUT2D eigenvalue weighted by atomic mass is 15.3. The van der Waals surface area contributed by atoms with Crippen molar-refractivity contribution in [2.45, 2.75) is 78.3 Å². The van der Waals surface area contributed by atoms with E-state index in [2.05, 4.69) is 37.7 Å². The number of nitrogens with one attached hydrogen (secondary N) is 1. The van der Waals surface area contributed by atoms with Crippen LogP contribution >= 0.6 is 0 Å². The molecule has 2 rings (SSSR count). The second kappa shape index (κ2) is 6.56. The summed E-state index contributed by atoms with van der Waals surface area (Å²) < 4.78 is 2.32. The van der Waals surface area contributed by atoms with Crippen molar-refractivity contribution in [3.05, 3.63) is 17.0 Å². The molecule has 0 spiro atoms. The topological polar surface area (TPSA) is 29.9 Å². The Hall–Kier alpha value is -0.830. The number of rotatable bonds is 5. The van der Waals surface area contributed by atoms with Gasteiger partial charge in [0.25, 0.3) is 0 Å². The lowest BCUT2D eigenvalue weighted by atomic mass is 9.95. The fourth-order valence-electron chi connectivity index (χ4n) is 3.56. The molecular weight excluding hydrogens is 234 g/mol. The zero-order valence-corrected chi connectivity index (χ0v) is 13.0. The largest absolute Gasteiger partial charge is 0.310 e. The second-order valence-corrected chi connectivity index (χ2v) is 5.84. The summed E-state index contributed by atoms with van der Waals surface area (Å²) in [6.45, 7) is 9.88. The summed E-state index contributed by atoms with van der Waals surface area (Å²) in [6.07, 6.45) is 7.87. The van der Waals surface area contributed by atoms with Gasteiger partial charge in [-0.15, -0.1) is 0 Å². The number of hydrogen-bond donors (Lipinski definition) is 1. The fourth-order valence-corrected chi connectivity index (χ4v) is 3.56. The van der Waals surface area contributed by atoms with Crippen LogP contribution in [-0.2, 0) is 0 Å². The molecule has 0 aromatic carbocycles. The number of hydrogen-bond acceptors (Lipinski definition) is 2. The van der Waals surface area contributed by atoms with E-state index in [0.29, 0.717) is 12.1 Å². The molecule has 1 unspecified atom stereocenters.